The second-order valence-corrected chi connectivity index (χ2v) is 6.39. The van der Waals surface area contributed by atoms with Crippen LogP contribution in [0.3, 0.4) is 0 Å². The van der Waals surface area contributed by atoms with E-state index in [1.54, 1.807) is 0 Å². The Bertz CT molecular complexity index is 700. The lowest BCUT2D eigenvalue weighted by molar-refractivity contribution is 0.209. The molecule has 1 unspecified atom stereocenters. The zero-order chi connectivity index (χ0) is 16.9. The van der Waals surface area contributed by atoms with Gasteiger partial charge in [0.2, 0.25) is 0 Å². The summed E-state index contributed by atoms with van der Waals surface area (Å²) in [6.07, 6.45) is 1.07. The highest BCUT2D eigenvalue weighted by atomic mass is 16.4. The molecule has 1 aliphatic rings. The fraction of sp³-hybridized carbons (Fsp3) is 0.350. The molecule has 0 bridgehead atoms. The lowest BCUT2D eigenvalue weighted by atomic mass is 9.93. The van der Waals surface area contributed by atoms with Crippen LogP contribution in [0.1, 0.15) is 18.9 Å². The molecule has 0 radical (unpaired) electrons. The molecule has 1 fully saturated rings. The van der Waals surface area contributed by atoms with Crippen LogP contribution in [0.15, 0.2) is 48.5 Å². The molecule has 126 valence electrons. The van der Waals surface area contributed by atoms with Gasteiger partial charge in [0.15, 0.2) is 0 Å². The van der Waals surface area contributed by atoms with E-state index in [1.807, 2.05) is 48.5 Å². The molecule has 0 spiro atoms. The summed E-state index contributed by atoms with van der Waals surface area (Å²) in [5.74, 6) is 0.588. The van der Waals surface area contributed by atoms with Crippen molar-refractivity contribution in [1.82, 2.24) is 4.90 Å². The third-order valence-corrected chi connectivity index (χ3v) is 4.79. The van der Waals surface area contributed by atoms with Gasteiger partial charge in [0.25, 0.3) is 0 Å². The minimum absolute atomic E-state index is 0.588. The Hall–Kier alpha value is -2.33. The first-order valence-electron chi connectivity index (χ1n) is 8.57. The molecule has 4 nitrogen and oxygen atoms in total. The van der Waals surface area contributed by atoms with Crippen LogP contribution in [0.5, 0.6) is 0 Å². The maximum Gasteiger partial charge on any atom is 0.409 e. The topological polar surface area (TPSA) is 52.6 Å². The predicted molar refractivity (Wildman–Crippen MR) is 97.5 cm³/mol. The van der Waals surface area contributed by atoms with Gasteiger partial charge in [0, 0.05) is 12.1 Å². The Morgan fingerprint density at radius 1 is 1.21 bits per heavy atom. The van der Waals surface area contributed by atoms with Gasteiger partial charge in [-0.3, -0.25) is 5.32 Å². The summed E-state index contributed by atoms with van der Waals surface area (Å²) in [5, 5.41) is 11.9. The second-order valence-electron chi connectivity index (χ2n) is 6.39. The summed E-state index contributed by atoms with van der Waals surface area (Å²) >= 11 is 0. The Morgan fingerprint density at radius 2 is 2.00 bits per heavy atom. The monoisotopic (exact) mass is 324 g/mol. The summed E-state index contributed by atoms with van der Waals surface area (Å²) in [6.45, 7) is 5.51. The van der Waals surface area contributed by atoms with Crippen molar-refractivity contribution < 1.29 is 9.90 Å². The third kappa shape index (κ3) is 3.77. The number of nitrogens with one attached hydrogen (secondary N) is 1. The number of amides is 1. The highest BCUT2D eigenvalue weighted by Crippen LogP contribution is 2.33. The molecule has 2 aromatic carbocycles. The van der Waals surface area contributed by atoms with Gasteiger partial charge >= 0.3 is 6.09 Å². The van der Waals surface area contributed by atoms with Crippen LogP contribution in [0.25, 0.3) is 11.1 Å². The van der Waals surface area contributed by atoms with E-state index >= 15 is 0 Å². The van der Waals surface area contributed by atoms with Crippen LogP contribution in [-0.2, 0) is 6.42 Å². The second kappa shape index (κ2) is 7.49. The van der Waals surface area contributed by atoms with Gasteiger partial charge in [-0.05, 0) is 43.0 Å². The number of para-hydroxylation sites is 1. The van der Waals surface area contributed by atoms with Gasteiger partial charge in [-0.15, -0.1) is 0 Å². The zero-order valence-corrected chi connectivity index (χ0v) is 14.0. The molecule has 0 saturated carbocycles. The highest BCUT2D eigenvalue weighted by molar-refractivity contribution is 5.92. The van der Waals surface area contributed by atoms with Crippen molar-refractivity contribution in [3.63, 3.8) is 0 Å². The molecule has 24 heavy (non-hydrogen) atoms. The number of carbonyl (C=O) groups is 1. The van der Waals surface area contributed by atoms with E-state index < -0.39 is 6.09 Å². The molecule has 2 N–H and O–H groups in total. The van der Waals surface area contributed by atoms with E-state index in [4.69, 9.17) is 0 Å². The van der Waals surface area contributed by atoms with E-state index in [9.17, 15) is 9.90 Å². The van der Waals surface area contributed by atoms with Gasteiger partial charge in [0.1, 0.15) is 0 Å². The molecule has 1 saturated heterocycles. The van der Waals surface area contributed by atoms with Crippen LogP contribution in [0, 0.1) is 5.92 Å². The van der Waals surface area contributed by atoms with Gasteiger partial charge in [-0.2, -0.15) is 0 Å². The predicted octanol–water partition coefficient (Wildman–Crippen LogP) is 4.33. The summed E-state index contributed by atoms with van der Waals surface area (Å²) in [6, 6.07) is 16.0. The Balaban J connectivity index is 1.92. The van der Waals surface area contributed by atoms with Crippen molar-refractivity contribution in [3.8, 4) is 11.1 Å². The smallest absolute Gasteiger partial charge is 0.409 e. The van der Waals surface area contributed by atoms with Gasteiger partial charge in [-0.1, -0.05) is 55.5 Å². The largest absolute Gasteiger partial charge is 0.465 e. The van der Waals surface area contributed by atoms with Crippen LogP contribution in [-0.4, -0.2) is 35.7 Å². The molecule has 2 aromatic rings. The van der Waals surface area contributed by atoms with Crippen LogP contribution in [0.2, 0.25) is 0 Å². The maximum atomic E-state index is 11.3. The molecule has 1 heterocycles. The average Bonchev–Trinajstić information content (AvgIpc) is 3.04. The number of hydrogen-bond donors (Lipinski definition) is 2. The lowest BCUT2D eigenvalue weighted by Crippen LogP contribution is -2.20. The normalized spacial score (nSPS) is 17.8. The van der Waals surface area contributed by atoms with Gasteiger partial charge in [0.05, 0.1) is 5.69 Å². The van der Waals surface area contributed by atoms with E-state index in [0.29, 0.717) is 5.92 Å². The summed E-state index contributed by atoms with van der Waals surface area (Å²) in [5.41, 5.74) is 3.79. The highest BCUT2D eigenvalue weighted by Gasteiger charge is 2.23. The van der Waals surface area contributed by atoms with Crippen LogP contribution in [0.4, 0.5) is 10.5 Å². The van der Waals surface area contributed by atoms with E-state index in [0.717, 1.165) is 48.4 Å². The third-order valence-electron chi connectivity index (χ3n) is 4.79. The number of anilines is 1. The van der Waals surface area contributed by atoms with Crippen molar-refractivity contribution in [2.75, 3.05) is 25.0 Å². The molecule has 4 heteroatoms. The van der Waals surface area contributed by atoms with Gasteiger partial charge in [-0.25, -0.2) is 4.79 Å². The quantitative estimate of drug-likeness (QED) is 0.861. The Labute approximate surface area is 143 Å². The fourth-order valence-electron chi connectivity index (χ4n) is 3.56. The van der Waals surface area contributed by atoms with E-state index in [1.165, 1.54) is 6.42 Å². The standard InChI is InChI=1S/C20H24N2O2/c1-2-22-12-11-15(14-22)13-17-9-6-10-18(19(17)21-20(23)24)16-7-4-3-5-8-16/h3-10,15,21H,2,11-14H2,1H3,(H,23,24). The number of hydrogen-bond acceptors (Lipinski definition) is 2. The SMILES string of the molecule is CCN1CCC(Cc2cccc(-c3ccccc3)c2NC(=O)O)C1. The fourth-order valence-corrected chi connectivity index (χ4v) is 3.56. The number of nitrogens with zero attached hydrogens (tertiary/aromatic N) is 1. The minimum atomic E-state index is -1.01. The molecule has 0 aromatic heterocycles. The summed E-state index contributed by atoms with van der Waals surface area (Å²) < 4.78 is 0. The molecular formula is C20H24N2O2. The minimum Gasteiger partial charge on any atom is -0.465 e. The lowest BCUT2D eigenvalue weighted by Gasteiger charge is -2.18. The molecule has 3 rings (SSSR count). The summed E-state index contributed by atoms with van der Waals surface area (Å²) in [7, 11) is 0. The number of rotatable bonds is 5. The van der Waals surface area contributed by atoms with Crippen LogP contribution >= 0.6 is 0 Å². The first-order valence-corrected chi connectivity index (χ1v) is 8.57. The van der Waals surface area contributed by atoms with Crippen LogP contribution < -0.4 is 5.32 Å². The van der Waals surface area contributed by atoms with Crippen molar-refractivity contribution in [2.24, 2.45) is 5.92 Å². The van der Waals surface area contributed by atoms with Crippen molar-refractivity contribution in [2.45, 2.75) is 19.8 Å². The molecule has 1 atom stereocenters. The maximum absolute atomic E-state index is 11.3. The van der Waals surface area contributed by atoms with E-state index in [-0.39, 0.29) is 0 Å². The van der Waals surface area contributed by atoms with Gasteiger partial charge < -0.3 is 10.0 Å². The Kier molecular flexibility index (Phi) is 5.16. The summed E-state index contributed by atoms with van der Waals surface area (Å²) in [4.78, 5) is 13.8. The van der Waals surface area contributed by atoms with Crippen molar-refractivity contribution in [3.05, 3.63) is 54.1 Å². The first-order chi connectivity index (χ1) is 11.7. The molecular weight excluding hydrogens is 300 g/mol. The van der Waals surface area contributed by atoms with E-state index in [2.05, 4.69) is 17.1 Å². The first kappa shape index (κ1) is 16.5. The zero-order valence-electron chi connectivity index (χ0n) is 14.0. The molecule has 0 aliphatic carbocycles. The molecule has 1 aliphatic heterocycles. The number of carboxylic acid groups (broad SMARTS) is 1. The number of benzene rings is 2. The van der Waals surface area contributed by atoms with Crippen molar-refractivity contribution >= 4 is 11.8 Å². The average molecular weight is 324 g/mol. The molecule has 1 amide bonds. The Morgan fingerprint density at radius 3 is 2.67 bits per heavy atom. The number of likely N-dealkylation sites (tertiary alicyclic amines) is 1. The van der Waals surface area contributed by atoms with Crippen molar-refractivity contribution in [1.29, 1.82) is 0 Å².